The molecule has 0 saturated carbocycles. The van der Waals surface area contributed by atoms with Crippen LogP contribution < -0.4 is 20.8 Å². The van der Waals surface area contributed by atoms with E-state index in [1.165, 1.54) is 16.8 Å². The van der Waals surface area contributed by atoms with Gasteiger partial charge in [-0.15, -0.1) is 0 Å². The number of hydrogen-bond donors (Lipinski definition) is 1. The molecular weight excluding hydrogens is 309 g/mol. The molecule has 1 fully saturated rings. The first-order valence-electron chi connectivity index (χ1n) is 6.50. The van der Waals surface area contributed by atoms with Crippen LogP contribution in [-0.2, 0) is 9.26 Å². The lowest BCUT2D eigenvalue weighted by Crippen LogP contribution is -2.37. The third-order valence-corrected chi connectivity index (χ3v) is 4.49. The smallest absolute Gasteiger partial charge is 0.351 e. The van der Waals surface area contributed by atoms with E-state index in [0.29, 0.717) is 5.75 Å². The van der Waals surface area contributed by atoms with E-state index < -0.39 is 19.9 Å². The topological polar surface area (TPSA) is 112 Å². The van der Waals surface area contributed by atoms with Gasteiger partial charge in [0.1, 0.15) is 12.4 Å². The molecule has 8 nitrogen and oxygen atoms in total. The molecule has 9 heteroatoms. The summed E-state index contributed by atoms with van der Waals surface area (Å²) in [6, 6.07) is 10.1. The molecular formula is C13H14N3O5P. The highest BCUT2D eigenvalue weighted by Crippen LogP contribution is 2.55. The Kier molecular flexibility index (Phi) is 4.08. The lowest BCUT2D eigenvalue weighted by Gasteiger charge is -2.34. The molecule has 22 heavy (non-hydrogen) atoms. The molecule has 1 aromatic heterocycles. The van der Waals surface area contributed by atoms with Crippen LogP contribution in [0.1, 0.15) is 6.23 Å². The second kappa shape index (κ2) is 6.02. The number of nitrogens with two attached hydrogens (primary N) is 1. The summed E-state index contributed by atoms with van der Waals surface area (Å²) in [5, 5.41) is 0. The molecule has 0 bridgehead atoms. The second-order valence-electron chi connectivity index (χ2n) is 4.60. The van der Waals surface area contributed by atoms with Gasteiger partial charge >= 0.3 is 13.6 Å². The molecule has 2 aromatic rings. The largest absolute Gasteiger partial charge is 0.622 e. The Balaban J connectivity index is 1.68. The standard InChI is InChI=1S/C13H14N3O5P/c14-11-6-7-16(13(17)15-11)12-8-20-22(18,9-19-12)21-10-4-2-1-3-5-10/h1-7,12H,8-9H2,(H2,14,15,17)/t12-,22?/m0/s1. The van der Waals surface area contributed by atoms with Gasteiger partial charge in [-0.25, -0.2) is 4.79 Å². The second-order valence-corrected chi connectivity index (χ2v) is 6.52. The normalized spacial score (nSPS) is 24.9. The van der Waals surface area contributed by atoms with Gasteiger partial charge in [0.05, 0.1) is 0 Å². The molecule has 1 saturated heterocycles. The summed E-state index contributed by atoms with van der Waals surface area (Å²) in [5.41, 5.74) is 4.86. The van der Waals surface area contributed by atoms with Crippen LogP contribution >= 0.6 is 7.94 Å². The van der Waals surface area contributed by atoms with Crippen molar-refractivity contribution in [1.29, 1.82) is 0 Å². The number of rotatable bonds is 3. The van der Waals surface area contributed by atoms with Crippen molar-refractivity contribution in [3.8, 4) is 5.75 Å². The van der Waals surface area contributed by atoms with Crippen molar-refractivity contribution in [3.63, 3.8) is 0 Å². The third-order valence-electron chi connectivity index (χ3n) is 2.99. The van der Waals surface area contributed by atoms with Gasteiger partial charge in [-0.3, -0.25) is 4.57 Å². The molecule has 116 valence electrons. The van der Waals surface area contributed by atoms with Crippen LogP contribution in [0.3, 0.4) is 0 Å². The minimum absolute atomic E-state index is 0.0877. The highest BCUT2D eigenvalue weighted by atomic mass is 31.2. The molecule has 2 N–H and O–H groups in total. The van der Waals surface area contributed by atoms with E-state index in [1.807, 2.05) is 6.07 Å². The number of hydrogen-bond acceptors (Lipinski definition) is 7. The molecule has 0 radical (unpaired) electrons. The van der Waals surface area contributed by atoms with Crippen LogP contribution in [0.2, 0.25) is 0 Å². The van der Waals surface area contributed by atoms with Gasteiger partial charge in [0.2, 0.25) is 6.35 Å². The molecule has 2 atom stereocenters. The molecule has 3 rings (SSSR count). The molecule has 2 heterocycles. The van der Waals surface area contributed by atoms with Crippen molar-refractivity contribution in [1.82, 2.24) is 9.55 Å². The van der Waals surface area contributed by atoms with E-state index in [9.17, 15) is 9.69 Å². The molecule has 1 aliphatic heterocycles. The summed E-state index contributed by atoms with van der Waals surface area (Å²) in [5.74, 6) is 0.551. The van der Waals surface area contributed by atoms with Gasteiger partial charge in [0.25, 0.3) is 0 Å². The fourth-order valence-electron chi connectivity index (χ4n) is 1.94. The van der Waals surface area contributed by atoms with Gasteiger partial charge < -0.3 is 19.9 Å². The van der Waals surface area contributed by atoms with Gasteiger partial charge in [0.15, 0.2) is 12.0 Å². The molecule has 1 aromatic carbocycles. The Hall–Kier alpha value is -1.99. The Bertz CT molecular complexity index is 700. The Morgan fingerprint density at radius 3 is 2.77 bits per heavy atom. The lowest BCUT2D eigenvalue weighted by molar-refractivity contribution is -0.233. The zero-order valence-corrected chi connectivity index (χ0v) is 12.4. The van der Waals surface area contributed by atoms with Gasteiger partial charge in [0, 0.05) is 6.20 Å². The van der Waals surface area contributed by atoms with Crippen LogP contribution in [0.25, 0.3) is 0 Å². The molecule has 1 aliphatic rings. The molecule has 1 unspecified atom stereocenters. The summed E-state index contributed by atoms with van der Waals surface area (Å²) in [7, 11) is -3.40. The van der Waals surface area contributed by atoms with Gasteiger partial charge in [-0.1, -0.05) is 18.2 Å². The minimum atomic E-state index is -3.40. The SMILES string of the molecule is Nc1ccn([C@@H]2CO[P+]([O-])(Oc3ccccc3)CO2)c(=O)n1. The minimum Gasteiger partial charge on any atom is -0.622 e. The van der Waals surface area contributed by atoms with Crippen LogP contribution in [0.5, 0.6) is 5.75 Å². The maximum Gasteiger partial charge on any atom is 0.351 e. The summed E-state index contributed by atoms with van der Waals surface area (Å²) in [4.78, 5) is 27.8. The predicted molar refractivity (Wildman–Crippen MR) is 77.8 cm³/mol. The highest BCUT2D eigenvalue weighted by Gasteiger charge is 2.40. The maximum absolute atomic E-state index is 12.4. The van der Waals surface area contributed by atoms with Crippen LogP contribution in [0, 0.1) is 0 Å². The molecule has 0 aliphatic carbocycles. The number of nitrogens with zero attached hydrogens (tertiary/aromatic N) is 2. The fourth-order valence-corrected chi connectivity index (χ4v) is 3.27. The Morgan fingerprint density at radius 1 is 1.36 bits per heavy atom. The third kappa shape index (κ3) is 3.26. The quantitative estimate of drug-likeness (QED) is 0.820. The fraction of sp³-hybridized carbons (Fsp3) is 0.231. The summed E-state index contributed by atoms with van der Waals surface area (Å²) < 4.78 is 17.3. The van der Waals surface area contributed by atoms with E-state index in [4.69, 9.17) is 19.5 Å². The number of ether oxygens (including phenoxy) is 1. The number of anilines is 1. The molecule has 0 spiro atoms. The van der Waals surface area contributed by atoms with E-state index in [2.05, 4.69) is 4.98 Å². The van der Waals surface area contributed by atoms with Crippen LogP contribution in [-0.4, -0.2) is 22.5 Å². The number of aromatic nitrogens is 2. The number of nitrogen functional groups attached to an aromatic ring is 1. The zero-order chi connectivity index (χ0) is 15.6. The predicted octanol–water partition coefficient (Wildman–Crippen LogP) is 0.530. The van der Waals surface area contributed by atoms with Crippen molar-refractivity contribution in [2.24, 2.45) is 0 Å². The van der Waals surface area contributed by atoms with Crippen molar-refractivity contribution < 1.29 is 18.7 Å². The lowest BCUT2D eigenvalue weighted by atomic mass is 10.3. The van der Waals surface area contributed by atoms with Crippen molar-refractivity contribution in [3.05, 3.63) is 53.1 Å². The van der Waals surface area contributed by atoms with E-state index in [1.54, 1.807) is 24.3 Å². The first-order valence-corrected chi connectivity index (χ1v) is 8.23. The van der Waals surface area contributed by atoms with Crippen LogP contribution in [0.4, 0.5) is 5.82 Å². The van der Waals surface area contributed by atoms with Gasteiger partial charge in [-0.05, 0) is 18.2 Å². The zero-order valence-electron chi connectivity index (χ0n) is 11.5. The Labute approximate surface area is 126 Å². The van der Waals surface area contributed by atoms with Crippen molar-refractivity contribution in [2.45, 2.75) is 6.23 Å². The monoisotopic (exact) mass is 323 g/mol. The maximum atomic E-state index is 12.4. The van der Waals surface area contributed by atoms with E-state index in [0.717, 1.165) is 0 Å². The van der Waals surface area contributed by atoms with Gasteiger partial charge in [-0.2, -0.15) is 9.51 Å². The summed E-state index contributed by atoms with van der Waals surface area (Å²) in [6.07, 6.45) is 0.471. The average Bonchev–Trinajstić information content (AvgIpc) is 2.49. The number of para-hydroxylation sites is 1. The Morgan fingerprint density at radius 2 is 2.14 bits per heavy atom. The molecule has 0 amide bonds. The van der Waals surface area contributed by atoms with Crippen molar-refractivity contribution >= 4 is 13.8 Å². The van der Waals surface area contributed by atoms with Crippen molar-refractivity contribution in [2.75, 3.05) is 18.7 Å². The first-order chi connectivity index (χ1) is 10.6. The first kappa shape index (κ1) is 14.9. The average molecular weight is 323 g/mol. The van der Waals surface area contributed by atoms with E-state index in [-0.39, 0.29) is 18.8 Å². The van der Waals surface area contributed by atoms with E-state index >= 15 is 0 Å². The summed E-state index contributed by atoms with van der Waals surface area (Å²) >= 11 is 0. The highest BCUT2D eigenvalue weighted by molar-refractivity contribution is 7.59. The van der Waals surface area contributed by atoms with Crippen LogP contribution in [0.15, 0.2) is 47.4 Å². The number of benzene rings is 1. The summed E-state index contributed by atoms with van der Waals surface area (Å²) in [6.45, 7) is -0.0877.